The zero-order chi connectivity index (χ0) is 20.7. The summed E-state index contributed by atoms with van der Waals surface area (Å²) in [5.74, 6) is 0.285. The summed E-state index contributed by atoms with van der Waals surface area (Å²) >= 11 is 4.87. The Hall–Kier alpha value is -2.19. The number of anilines is 1. The molecule has 0 heterocycles. The van der Waals surface area contributed by atoms with Gasteiger partial charge < -0.3 is 19.5 Å². The van der Waals surface area contributed by atoms with Crippen molar-refractivity contribution in [3.63, 3.8) is 0 Å². The number of hydrogen-bond donors (Lipinski definition) is 1. The number of benzene rings is 2. The first kappa shape index (κ1) is 22.1. The first-order valence-corrected chi connectivity index (χ1v) is 10.2. The van der Waals surface area contributed by atoms with Crippen molar-refractivity contribution in [2.45, 2.75) is 18.7 Å². The largest absolute Gasteiger partial charge is 0.497 e. The van der Waals surface area contributed by atoms with E-state index in [0.29, 0.717) is 17.2 Å². The molecule has 0 bridgehead atoms. The number of esters is 1. The average Bonchev–Trinajstić information content (AvgIpc) is 2.68. The Morgan fingerprint density at radius 1 is 1.07 bits per heavy atom. The predicted molar refractivity (Wildman–Crippen MR) is 113 cm³/mol. The van der Waals surface area contributed by atoms with Crippen LogP contribution in [0.3, 0.4) is 0 Å². The van der Waals surface area contributed by atoms with Crippen LogP contribution in [0.1, 0.15) is 11.1 Å². The van der Waals surface area contributed by atoms with Gasteiger partial charge in [0.15, 0.2) is 6.61 Å². The summed E-state index contributed by atoms with van der Waals surface area (Å²) in [6.07, 6.45) is 0. The van der Waals surface area contributed by atoms with Crippen LogP contribution in [0.5, 0.6) is 11.5 Å². The standard InChI is InChI=1S/C20H22BrNO5S/c1-12-8-18(13(2)7-15(12)21)28-11-20(24)27-10-19(23)22-16-6-5-14(25-3)9-17(16)26-4/h5-9H,10-11H2,1-4H3,(H,22,23). The van der Waals surface area contributed by atoms with Crippen LogP contribution in [-0.4, -0.2) is 38.5 Å². The fourth-order valence-corrected chi connectivity index (χ4v) is 3.68. The minimum absolute atomic E-state index is 0.126. The molecule has 0 aromatic heterocycles. The minimum atomic E-state index is -0.457. The van der Waals surface area contributed by atoms with Crippen LogP contribution in [-0.2, 0) is 14.3 Å². The van der Waals surface area contributed by atoms with Gasteiger partial charge in [-0.1, -0.05) is 15.9 Å². The SMILES string of the molecule is COc1ccc(NC(=O)COC(=O)CSc2cc(C)c(Br)cc2C)c(OC)c1. The van der Waals surface area contributed by atoms with Crippen LogP contribution >= 0.6 is 27.7 Å². The van der Waals surface area contributed by atoms with E-state index in [1.807, 2.05) is 26.0 Å². The summed E-state index contributed by atoms with van der Waals surface area (Å²) in [4.78, 5) is 25.0. The zero-order valence-electron chi connectivity index (χ0n) is 16.1. The maximum atomic E-state index is 12.1. The molecule has 0 fully saturated rings. The molecule has 0 aliphatic rings. The number of aryl methyl sites for hydroxylation is 2. The Bertz CT molecular complexity index is 872. The normalized spacial score (nSPS) is 10.3. The third-order valence-corrected chi connectivity index (χ3v) is 5.83. The van der Waals surface area contributed by atoms with Crippen molar-refractivity contribution in [2.24, 2.45) is 0 Å². The molecule has 8 heteroatoms. The van der Waals surface area contributed by atoms with Crippen molar-refractivity contribution < 1.29 is 23.8 Å². The van der Waals surface area contributed by atoms with Gasteiger partial charge in [0.25, 0.3) is 5.91 Å². The number of methoxy groups -OCH3 is 2. The highest BCUT2D eigenvalue weighted by Crippen LogP contribution is 2.29. The number of nitrogens with one attached hydrogen (secondary N) is 1. The van der Waals surface area contributed by atoms with Crippen molar-refractivity contribution in [1.29, 1.82) is 0 Å². The second-order valence-corrected chi connectivity index (χ2v) is 7.80. The number of halogens is 1. The van der Waals surface area contributed by atoms with E-state index in [4.69, 9.17) is 14.2 Å². The van der Waals surface area contributed by atoms with Gasteiger partial charge in [0.1, 0.15) is 11.5 Å². The zero-order valence-corrected chi connectivity index (χ0v) is 18.5. The Labute approximate surface area is 177 Å². The lowest BCUT2D eigenvalue weighted by atomic mass is 10.2. The van der Waals surface area contributed by atoms with Gasteiger partial charge in [-0.25, -0.2) is 0 Å². The van der Waals surface area contributed by atoms with Crippen molar-refractivity contribution >= 4 is 45.3 Å². The third kappa shape index (κ3) is 6.17. The molecule has 0 aliphatic carbocycles. The molecule has 0 saturated heterocycles. The Kier molecular flexibility index (Phi) is 8.19. The van der Waals surface area contributed by atoms with Crippen LogP contribution < -0.4 is 14.8 Å². The van der Waals surface area contributed by atoms with Gasteiger partial charge in [-0.05, 0) is 49.2 Å². The molecule has 1 N–H and O–H groups in total. The molecule has 1 amide bonds. The minimum Gasteiger partial charge on any atom is -0.497 e. The highest BCUT2D eigenvalue weighted by molar-refractivity contribution is 9.10. The van der Waals surface area contributed by atoms with E-state index in [2.05, 4.69) is 21.2 Å². The number of ether oxygens (including phenoxy) is 3. The Morgan fingerprint density at radius 2 is 1.82 bits per heavy atom. The van der Waals surface area contributed by atoms with E-state index in [9.17, 15) is 9.59 Å². The lowest BCUT2D eigenvalue weighted by Crippen LogP contribution is -2.22. The van der Waals surface area contributed by atoms with Gasteiger partial charge in [0, 0.05) is 15.4 Å². The molecule has 2 aromatic carbocycles. The fourth-order valence-electron chi connectivity index (χ4n) is 2.32. The topological polar surface area (TPSA) is 73.9 Å². The molecule has 2 aromatic rings. The molecular weight excluding hydrogens is 446 g/mol. The van der Waals surface area contributed by atoms with E-state index < -0.39 is 11.9 Å². The fraction of sp³-hybridized carbons (Fsp3) is 0.300. The number of carbonyl (C=O) groups excluding carboxylic acids is 2. The second-order valence-electron chi connectivity index (χ2n) is 5.93. The summed E-state index contributed by atoms with van der Waals surface area (Å²) < 4.78 is 16.4. The second kappa shape index (κ2) is 10.4. The van der Waals surface area contributed by atoms with Crippen molar-refractivity contribution in [3.8, 4) is 11.5 Å². The van der Waals surface area contributed by atoms with Crippen LogP contribution in [0, 0.1) is 13.8 Å². The van der Waals surface area contributed by atoms with Gasteiger partial charge in [0.05, 0.1) is 25.7 Å². The molecule has 2 rings (SSSR count). The summed E-state index contributed by atoms with van der Waals surface area (Å²) in [5, 5.41) is 2.66. The molecule has 150 valence electrons. The lowest BCUT2D eigenvalue weighted by molar-refractivity contribution is -0.144. The molecule has 0 radical (unpaired) electrons. The Balaban J connectivity index is 1.84. The smallest absolute Gasteiger partial charge is 0.316 e. The summed E-state index contributed by atoms with van der Waals surface area (Å²) in [6.45, 7) is 3.60. The van der Waals surface area contributed by atoms with Gasteiger partial charge >= 0.3 is 5.97 Å². The monoisotopic (exact) mass is 467 g/mol. The van der Waals surface area contributed by atoms with Crippen LogP contribution in [0.25, 0.3) is 0 Å². The number of amides is 1. The van der Waals surface area contributed by atoms with Gasteiger partial charge in [0.2, 0.25) is 0 Å². The van der Waals surface area contributed by atoms with E-state index in [1.165, 1.54) is 18.9 Å². The molecule has 0 atom stereocenters. The summed E-state index contributed by atoms with van der Waals surface area (Å²) in [6, 6.07) is 9.04. The van der Waals surface area contributed by atoms with E-state index in [0.717, 1.165) is 20.5 Å². The summed E-state index contributed by atoms with van der Waals surface area (Å²) in [7, 11) is 3.04. The van der Waals surface area contributed by atoms with Gasteiger partial charge in [-0.3, -0.25) is 9.59 Å². The third-order valence-electron chi connectivity index (χ3n) is 3.85. The molecule has 0 unspecified atom stereocenters. The average molecular weight is 468 g/mol. The molecule has 28 heavy (non-hydrogen) atoms. The van der Waals surface area contributed by atoms with E-state index >= 15 is 0 Å². The number of rotatable bonds is 8. The molecule has 0 saturated carbocycles. The van der Waals surface area contributed by atoms with Crippen molar-refractivity contribution in [1.82, 2.24) is 0 Å². The van der Waals surface area contributed by atoms with Crippen LogP contribution in [0.4, 0.5) is 5.69 Å². The van der Waals surface area contributed by atoms with Crippen LogP contribution in [0.2, 0.25) is 0 Å². The highest BCUT2D eigenvalue weighted by atomic mass is 79.9. The van der Waals surface area contributed by atoms with Crippen molar-refractivity contribution in [3.05, 3.63) is 45.9 Å². The number of thioether (sulfide) groups is 1. The molecule has 6 nitrogen and oxygen atoms in total. The van der Waals surface area contributed by atoms with Gasteiger partial charge in [-0.2, -0.15) is 0 Å². The first-order chi connectivity index (χ1) is 13.3. The predicted octanol–water partition coefficient (Wildman–Crippen LogP) is 4.36. The van der Waals surface area contributed by atoms with E-state index in [1.54, 1.807) is 25.3 Å². The number of hydrogen-bond acceptors (Lipinski definition) is 6. The summed E-state index contributed by atoms with van der Waals surface area (Å²) in [5.41, 5.74) is 2.63. The van der Waals surface area contributed by atoms with Crippen molar-refractivity contribution in [2.75, 3.05) is 31.9 Å². The van der Waals surface area contributed by atoms with Gasteiger partial charge in [-0.15, -0.1) is 11.8 Å². The van der Waals surface area contributed by atoms with E-state index in [-0.39, 0.29) is 12.4 Å². The highest BCUT2D eigenvalue weighted by Gasteiger charge is 2.13. The molecule has 0 spiro atoms. The maximum Gasteiger partial charge on any atom is 0.316 e. The first-order valence-electron chi connectivity index (χ1n) is 8.41. The molecular formula is C20H22BrNO5S. The quantitative estimate of drug-likeness (QED) is 0.459. The maximum absolute atomic E-state index is 12.1. The number of carbonyl (C=O) groups is 2. The molecule has 0 aliphatic heterocycles. The Morgan fingerprint density at radius 3 is 2.50 bits per heavy atom. The lowest BCUT2D eigenvalue weighted by Gasteiger charge is -2.12. The van der Waals surface area contributed by atoms with Crippen LogP contribution in [0.15, 0.2) is 39.7 Å².